The predicted octanol–water partition coefficient (Wildman–Crippen LogP) is 2.32. The van der Waals surface area contributed by atoms with E-state index in [9.17, 15) is 4.79 Å². The van der Waals surface area contributed by atoms with Crippen LogP contribution in [0.25, 0.3) is 10.9 Å². The number of hydrogen-bond acceptors (Lipinski definition) is 5. The first kappa shape index (κ1) is 16.4. The van der Waals surface area contributed by atoms with E-state index < -0.39 is 0 Å². The fraction of sp³-hybridized carbons (Fsp3) is 0.316. The van der Waals surface area contributed by atoms with Crippen molar-refractivity contribution in [1.29, 1.82) is 0 Å². The highest BCUT2D eigenvalue weighted by atomic mass is 16.5. The van der Waals surface area contributed by atoms with Crippen LogP contribution in [0.5, 0.6) is 5.88 Å². The van der Waals surface area contributed by atoms with Gasteiger partial charge in [-0.1, -0.05) is 6.07 Å². The van der Waals surface area contributed by atoms with Crippen LogP contribution < -0.4 is 9.64 Å². The summed E-state index contributed by atoms with van der Waals surface area (Å²) in [6, 6.07) is 7.73. The van der Waals surface area contributed by atoms with Crippen molar-refractivity contribution < 1.29 is 9.53 Å². The summed E-state index contributed by atoms with van der Waals surface area (Å²) >= 11 is 0. The van der Waals surface area contributed by atoms with Gasteiger partial charge in [0.05, 0.1) is 6.54 Å². The number of amides is 1. The Morgan fingerprint density at radius 2 is 2.12 bits per heavy atom. The van der Waals surface area contributed by atoms with Crippen molar-refractivity contribution in [2.75, 3.05) is 32.1 Å². The number of aromatic nitrogens is 3. The monoisotopic (exact) mass is 351 g/mol. The van der Waals surface area contributed by atoms with E-state index >= 15 is 0 Å². The molecule has 0 saturated carbocycles. The summed E-state index contributed by atoms with van der Waals surface area (Å²) < 4.78 is 6.03. The molecule has 1 N–H and O–H groups in total. The molecule has 1 unspecified atom stereocenters. The molecule has 0 aliphatic carbocycles. The highest BCUT2D eigenvalue weighted by molar-refractivity contribution is 5.98. The van der Waals surface area contributed by atoms with Gasteiger partial charge in [0.25, 0.3) is 11.8 Å². The summed E-state index contributed by atoms with van der Waals surface area (Å²) in [6.07, 6.45) is 5.83. The molecule has 0 spiro atoms. The number of likely N-dealkylation sites (tertiary alicyclic amines) is 1. The van der Waals surface area contributed by atoms with Gasteiger partial charge in [-0.3, -0.25) is 4.79 Å². The third-order valence-electron chi connectivity index (χ3n) is 4.58. The van der Waals surface area contributed by atoms with Gasteiger partial charge < -0.3 is 19.5 Å². The SMILES string of the molecule is CN(C)c1nccnc1OC1CCN(C(=O)c2ccc3cc[nH]c3c2)C1. The van der Waals surface area contributed by atoms with Gasteiger partial charge in [0.1, 0.15) is 6.10 Å². The van der Waals surface area contributed by atoms with E-state index in [0.717, 1.165) is 17.3 Å². The third-order valence-corrected chi connectivity index (χ3v) is 4.58. The van der Waals surface area contributed by atoms with Crippen molar-refractivity contribution in [3.05, 3.63) is 48.4 Å². The summed E-state index contributed by atoms with van der Waals surface area (Å²) in [7, 11) is 3.80. The van der Waals surface area contributed by atoms with E-state index in [1.54, 1.807) is 12.4 Å². The second-order valence-electron chi connectivity index (χ2n) is 6.64. The molecule has 1 aliphatic heterocycles. The van der Waals surface area contributed by atoms with E-state index in [4.69, 9.17) is 4.74 Å². The second-order valence-corrected chi connectivity index (χ2v) is 6.64. The van der Waals surface area contributed by atoms with E-state index in [0.29, 0.717) is 30.4 Å². The number of rotatable bonds is 4. The lowest BCUT2D eigenvalue weighted by Gasteiger charge is -2.19. The average Bonchev–Trinajstić information content (AvgIpc) is 3.30. The van der Waals surface area contributed by atoms with Gasteiger partial charge in [-0.2, -0.15) is 0 Å². The molecule has 0 radical (unpaired) electrons. The Morgan fingerprint density at radius 1 is 1.27 bits per heavy atom. The molecular weight excluding hydrogens is 330 g/mol. The number of H-pyrrole nitrogens is 1. The number of nitrogens with zero attached hydrogens (tertiary/aromatic N) is 4. The minimum absolute atomic E-state index is 0.0274. The molecular formula is C19H21N5O2. The first-order chi connectivity index (χ1) is 12.6. The van der Waals surface area contributed by atoms with Gasteiger partial charge in [-0.25, -0.2) is 9.97 Å². The van der Waals surface area contributed by atoms with Crippen LogP contribution in [0.1, 0.15) is 16.8 Å². The van der Waals surface area contributed by atoms with Crippen LogP contribution >= 0.6 is 0 Å². The fourth-order valence-corrected chi connectivity index (χ4v) is 3.24. The Balaban J connectivity index is 1.46. The molecule has 1 atom stereocenters. The molecule has 7 nitrogen and oxygen atoms in total. The fourth-order valence-electron chi connectivity index (χ4n) is 3.24. The van der Waals surface area contributed by atoms with Crippen molar-refractivity contribution in [2.24, 2.45) is 0 Å². The maximum absolute atomic E-state index is 12.8. The van der Waals surface area contributed by atoms with Crippen molar-refractivity contribution in [1.82, 2.24) is 19.9 Å². The molecule has 1 amide bonds. The summed E-state index contributed by atoms with van der Waals surface area (Å²) in [5, 5.41) is 1.10. The lowest BCUT2D eigenvalue weighted by Crippen LogP contribution is -2.31. The summed E-state index contributed by atoms with van der Waals surface area (Å²) in [6.45, 7) is 1.22. The first-order valence-corrected chi connectivity index (χ1v) is 8.63. The third kappa shape index (κ3) is 3.08. The van der Waals surface area contributed by atoms with Crippen molar-refractivity contribution in [3.8, 4) is 5.88 Å². The van der Waals surface area contributed by atoms with Gasteiger partial charge in [-0.15, -0.1) is 0 Å². The molecule has 1 saturated heterocycles. The maximum Gasteiger partial charge on any atom is 0.257 e. The van der Waals surface area contributed by atoms with Crippen molar-refractivity contribution >= 4 is 22.6 Å². The van der Waals surface area contributed by atoms with Crippen LogP contribution in [-0.2, 0) is 0 Å². The quantitative estimate of drug-likeness (QED) is 0.781. The number of nitrogens with one attached hydrogen (secondary N) is 1. The normalized spacial score (nSPS) is 16.8. The Morgan fingerprint density at radius 3 is 2.96 bits per heavy atom. The van der Waals surface area contributed by atoms with Crippen LogP contribution in [0.3, 0.4) is 0 Å². The van der Waals surface area contributed by atoms with Crippen LogP contribution in [0, 0.1) is 0 Å². The molecule has 3 heterocycles. The number of aromatic amines is 1. The molecule has 3 aromatic rings. The summed E-state index contributed by atoms with van der Waals surface area (Å²) in [4.78, 5) is 28.2. The zero-order valence-electron chi connectivity index (χ0n) is 14.8. The Kier molecular flexibility index (Phi) is 4.20. The minimum atomic E-state index is -0.0800. The Labute approximate surface area is 151 Å². The summed E-state index contributed by atoms with van der Waals surface area (Å²) in [5.74, 6) is 1.22. The first-order valence-electron chi connectivity index (χ1n) is 8.63. The number of carbonyl (C=O) groups excluding carboxylic acids is 1. The van der Waals surface area contributed by atoms with Crippen molar-refractivity contribution in [2.45, 2.75) is 12.5 Å². The molecule has 26 heavy (non-hydrogen) atoms. The zero-order valence-corrected chi connectivity index (χ0v) is 14.8. The van der Waals surface area contributed by atoms with Gasteiger partial charge in [-0.05, 0) is 23.6 Å². The average molecular weight is 351 g/mol. The number of hydrogen-bond donors (Lipinski definition) is 1. The minimum Gasteiger partial charge on any atom is -0.470 e. The second kappa shape index (κ2) is 6.67. The van der Waals surface area contributed by atoms with E-state index in [1.807, 2.05) is 54.4 Å². The highest BCUT2D eigenvalue weighted by Crippen LogP contribution is 2.25. The predicted molar refractivity (Wildman–Crippen MR) is 99.6 cm³/mol. The van der Waals surface area contributed by atoms with E-state index in [1.165, 1.54) is 0 Å². The number of fused-ring (bicyclic) bond motifs is 1. The topological polar surface area (TPSA) is 74.3 Å². The highest BCUT2D eigenvalue weighted by Gasteiger charge is 2.29. The van der Waals surface area contributed by atoms with E-state index in [-0.39, 0.29) is 12.0 Å². The van der Waals surface area contributed by atoms with E-state index in [2.05, 4.69) is 15.0 Å². The van der Waals surface area contributed by atoms with Gasteiger partial charge >= 0.3 is 0 Å². The number of carbonyl (C=O) groups is 1. The number of anilines is 1. The molecule has 7 heteroatoms. The van der Waals surface area contributed by atoms with Crippen LogP contribution in [0.2, 0.25) is 0 Å². The standard InChI is InChI=1S/C19H21N5O2/c1-23(2)17-18(22-9-8-21-17)26-15-6-10-24(12-15)19(25)14-4-3-13-5-7-20-16(13)11-14/h3-5,7-9,11,15,20H,6,10,12H2,1-2H3. The molecule has 134 valence electrons. The molecule has 0 bridgehead atoms. The number of benzene rings is 1. The van der Waals surface area contributed by atoms with Crippen LogP contribution in [0.4, 0.5) is 5.82 Å². The van der Waals surface area contributed by atoms with Crippen LogP contribution in [-0.4, -0.2) is 59.0 Å². The molecule has 1 aromatic carbocycles. The zero-order chi connectivity index (χ0) is 18.1. The largest absolute Gasteiger partial charge is 0.470 e. The van der Waals surface area contributed by atoms with Gasteiger partial charge in [0.2, 0.25) is 0 Å². The molecule has 1 fully saturated rings. The van der Waals surface area contributed by atoms with Gasteiger partial charge in [0, 0.05) is 56.7 Å². The molecule has 2 aromatic heterocycles. The lowest BCUT2D eigenvalue weighted by molar-refractivity contribution is 0.0771. The smallest absolute Gasteiger partial charge is 0.257 e. The Bertz CT molecular complexity index is 936. The van der Waals surface area contributed by atoms with Crippen LogP contribution in [0.15, 0.2) is 42.9 Å². The maximum atomic E-state index is 12.8. The number of ether oxygens (including phenoxy) is 1. The Hall–Kier alpha value is -3.09. The molecule has 4 rings (SSSR count). The van der Waals surface area contributed by atoms with Crippen molar-refractivity contribution in [3.63, 3.8) is 0 Å². The summed E-state index contributed by atoms with van der Waals surface area (Å²) in [5.41, 5.74) is 1.66. The van der Waals surface area contributed by atoms with Gasteiger partial charge in [0.15, 0.2) is 5.82 Å². The lowest BCUT2D eigenvalue weighted by atomic mass is 10.1. The molecule has 1 aliphatic rings.